The number of aliphatic carboxylic acids is 1. The lowest BCUT2D eigenvalue weighted by Gasteiger charge is -2.18. The van der Waals surface area contributed by atoms with E-state index in [0.29, 0.717) is 18.5 Å². The Balaban J connectivity index is 1.44. The smallest absolute Gasteiger partial charge is 0.407 e. The van der Waals surface area contributed by atoms with E-state index < -0.39 is 24.0 Å². The fourth-order valence-electron chi connectivity index (χ4n) is 4.11. The third-order valence-corrected chi connectivity index (χ3v) is 6.49. The number of carbonyl (C=O) groups is 3. The van der Waals surface area contributed by atoms with E-state index in [0.717, 1.165) is 56.6 Å². The molecule has 1 unspecified atom stereocenters. The molecule has 0 aromatic carbocycles. The lowest BCUT2D eigenvalue weighted by atomic mass is 10.0. The lowest BCUT2D eigenvalue weighted by Crippen LogP contribution is -2.48. The van der Waals surface area contributed by atoms with Gasteiger partial charge in [0.2, 0.25) is 0 Å². The van der Waals surface area contributed by atoms with Crippen LogP contribution >= 0.6 is 0 Å². The first-order valence-electron chi connectivity index (χ1n) is 13.1. The molecule has 0 bridgehead atoms. The number of amides is 2. The number of rotatable bonds is 14. The number of hydrogen-bond acceptors (Lipinski definition) is 7. The topological polar surface area (TPSA) is 147 Å². The molecule has 11 heteroatoms. The molecule has 0 radical (unpaired) electrons. The van der Waals surface area contributed by atoms with Gasteiger partial charge < -0.3 is 25.8 Å². The van der Waals surface area contributed by atoms with Crippen LogP contribution < -0.4 is 16.0 Å². The molecule has 2 amide bonds. The number of pyridine rings is 1. The SMILES string of the molecule is CCCCC(CC)COC(=O)N[C@@H](CNC(=O)c1cnn(CCc2ccc3c(n2)NCCC3)c1)C(=O)O. The van der Waals surface area contributed by atoms with Crippen molar-refractivity contribution in [2.24, 2.45) is 5.92 Å². The number of anilines is 1. The molecular formula is C26H38N6O5. The summed E-state index contributed by atoms with van der Waals surface area (Å²) < 4.78 is 6.86. The van der Waals surface area contributed by atoms with Gasteiger partial charge in [0.15, 0.2) is 0 Å². The predicted octanol–water partition coefficient (Wildman–Crippen LogP) is 3.00. The summed E-state index contributed by atoms with van der Waals surface area (Å²) in [6.45, 7) is 5.55. The van der Waals surface area contributed by atoms with Gasteiger partial charge >= 0.3 is 12.1 Å². The Morgan fingerprint density at radius 1 is 1.27 bits per heavy atom. The Kier molecular flexibility index (Phi) is 10.7. The second kappa shape index (κ2) is 14.2. The molecule has 2 aromatic rings. The van der Waals surface area contributed by atoms with E-state index >= 15 is 0 Å². The minimum absolute atomic E-state index is 0.234. The molecule has 202 valence electrons. The van der Waals surface area contributed by atoms with Crippen molar-refractivity contribution in [2.45, 2.75) is 71.4 Å². The monoisotopic (exact) mass is 514 g/mol. The number of alkyl carbamates (subject to hydrolysis) is 1. The van der Waals surface area contributed by atoms with E-state index in [4.69, 9.17) is 4.74 Å². The van der Waals surface area contributed by atoms with Crippen molar-refractivity contribution in [3.05, 3.63) is 41.3 Å². The summed E-state index contributed by atoms with van der Waals surface area (Å²) in [5.41, 5.74) is 2.47. The number of aromatic nitrogens is 3. The molecule has 2 aromatic heterocycles. The van der Waals surface area contributed by atoms with Crippen molar-refractivity contribution in [3.63, 3.8) is 0 Å². The van der Waals surface area contributed by atoms with E-state index in [1.54, 1.807) is 10.9 Å². The lowest BCUT2D eigenvalue weighted by molar-refractivity contribution is -0.139. The highest BCUT2D eigenvalue weighted by molar-refractivity contribution is 5.94. The zero-order valence-corrected chi connectivity index (χ0v) is 21.7. The van der Waals surface area contributed by atoms with Gasteiger partial charge in [-0.2, -0.15) is 5.10 Å². The summed E-state index contributed by atoms with van der Waals surface area (Å²) in [6, 6.07) is 2.80. The molecular weight excluding hydrogens is 476 g/mol. The maximum atomic E-state index is 12.5. The van der Waals surface area contributed by atoms with Gasteiger partial charge in [-0.05, 0) is 36.8 Å². The minimum Gasteiger partial charge on any atom is -0.480 e. The summed E-state index contributed by atoms with van der Waals surface area (Å²) in [4.78, 5) is 40.9. The number of nitrogens with zero attached hydrogens (tertiary/aromatic N) is 3. The van der Waals surface area contributed by atoms with Crippen molar-refractivity contribution < 1.29 is 24.2 Å². The Labute approximate surface area is 217 Å². The van der Waals surface area contributed by atoms with Crippen LogP contribution in [0.1, 0.15) is 67.6 Å². The first kappa shape index (κ1) is 27.9. The van der Waals surface area contributed by atoms with Gasteiger partial charge in [-0.15, -0.1) is 0 Å². The summed E-state index contributed by atoms with van der Waals surface area (Å²) in [5, 5.41) is 21.9. The molecule has 1 aliphatic heterocycles. The summed E-state index contributed by atoms with van der Waals surface area (Å²) >= 11 is 0. The summed E-state index contributed by atoms with van der Waals surface area (Å²) in [6.07, 6.45) is 8.95. The van der Waals surface area contributed by atoms with E-state index in [2.05, 4.69) is 39.0 Å². The maximum absolute atomic E-state index is 12.5. The molecule has 37 heavy (non-hydrogen) atoms. The second-order valence-electron chi connectivity index (χ2n) is 9.34. The second-order valence-corrected chi connectivity index (χ2v) is 9.34. The van der Waals surface area contributed by atoms with E-state index in [1.165, 1.54) is 11.8 Å². The van der Waals surface area contributed by atoms with E-state index in [-0.39, 0.29) is 19.1 Å². The number of hydrogen-bond donors (Lipinski definition) is 4. The third-order valence-electron chi connectivity index (χ3n) is 6.49. The van der Waals surface area contributed by atoms with Gasteiger partial charge in [0.05, 0.1) is 18.4 Å². The third kappa shape index (κ3) is 8.76. The number of ether oxygens (including phenoxy) is 1. The molecule has 0 saturated carbocycles. The Hall–Kier alpha value is -3.63. The van der Waals surface area contributed by atoms with Crippen molar-refractivity contribution in [2.75, 3.05) is 25.0 Å². The zero-order chi connectivity index (χ0) is 26.6. The predicted molar refractivity (Wildman–Crippen MR) is 139 cm³/mol. The largest absolute Gasteiger partial charge is 0.480 e. The fraction of sp³-hybridized carbons (Fsp3) is 0.577. The highest BCUT2D eigenvalue weighted by atomic mass is 16.5. The zero-order valence-electron chi connectivity index (χ0n) is 21.7. The van der Waals surface area contributed by atoms with Crippen LogP contribution in [0.15, 0.2) is 24.5 Å². The molecule has 4 N–H and O–H groups in total. The average molecular weight is 515 g/mol. The van der Waals surface area contributed by atoms with Gasteiger partial charge in [-0.3, -0.25) is 9.48 Å². The van der Waals surface area contributed by atoms with Crippen LogP contribution in [-0.4, -0.2) is 63.6 Å². The van der Waals surface area contributed by atoms with Gasteiger partial charge in [0.25, 0.3) is 5.91 Å². The van der Waals surface area contributed by atoms with Crippen LogP contribution in [-0.2, 0) is 28.9 Å². The van der Waals surface area contributed by atoms with E-state index in [9.17, 15) is 19.5 Å². The number of fused-ring (bicyclic) bond motifs is 1. The van der Waals surface area contributed by atoms with Crippen LogP contribution in [0.4, 0.5) is 10.6 Å². The van der Waals surface area contributed by atoms with Crippen molar-refractivity contribution in [1.82, 2.24) is 25.4 Å². The maximum Gasteiger partial charge on any atom is 0.407 e. The van der Waals surface area contributed by atoms with Crippen LogP contribution in [0.2, 0.25) is 0 Å². The summed E-state index contributed by atoms with van der Waals surface area (Å²) in [5.74, 6) is -0.561. The van der Waals surface area contributed by atoms with E-state index in [1.807, 2.05) is 13.0 Å². The van der Waals surface area contributed by atoms with Gasteiger partial charge in [-0.1, -0.05) is 39.2 Å². The number of nitrogens with one attached hydrogen (secondary N) is 3. The normalized spacial score (nSPS) is 14.1. The number of carboxylic acids is 1. The molecule has 0 saturated heterocycles. The summed E-state index contributed by atoms with van der Waals surface area (Å²) in [7, 11) is 0. The number of carboxylic acid groups (broad SMARTS) is 1. The van der Waals surface area contributed by atoms with Crippen LogP contribution in [0.5, 0.6) is 0 Å². The quantitative estimate of drug-likeness (QED) is 0.301. The molecule has 0 fully saturated rings. The first-order valence-corrected chi connectivity index (χ1v) is 13.1. The number of unbranched alkanes of at least 4 members (excludes halogenated alkanes) is 1. The van der Waals surface area contributed by atoms with Crippen molar-refractivity contribution in [1.29, 1.82) is 0 Å². The molecule has 1 aliphatic rings. The van der Waals surface area contributed by atoms with Gasteiger partial charge in [-0.25, -0.2) is 14.6 Å². The number of carbonyl (C=O) groups excluding carboxylic acids is 2. The molecule has 11 nitrogen and oxygen atoms in total. The Morgan fingerprint density at radius 2 is 2.11 bits per heavy atom. The highest BCUT2D eigenvalue weighted by Crippen LogP contribution is 2.20. The van der Waals surface area contributed by atoms with Crippen molar-refractivity contribution in [3.8, 4) is 0 Å². The van der Waals surface area contributed by atoms with Crippen LogP contribution in [0.3, 0.4) is 0 Å². The molecule has 3 heterocycles. The molecule has 0 aliphatic carbocycles. The fourth-order valence-corrected chi connectivity index (χ4v) is 4.11. The van der Waals surface area contributed by atoms with Crippen molar-refractivity contribution >= 4 is 23.8 Å². The Morgan fingerprint density at radius 3 is 2.86 bits per heavy atom. The Bertz CT molecular complexity index is 1060. The molecule has 0 spiro atoms. The highest BCUT2D eigenvalue weighted by Gasteiger charge is 2.23. The first-order chi connectivity index (χ1) is 17.9. The minimum atomic E-state index is -1.31. The standard InChI is InChI=1S/C26H38N6O5/c1-3-5-7-18(4-2)17-37-26(36)31-22(25(34)35)15-28-24(33)20-14-29-32(16-20)13-11-21-10-9-19-8-6-12-27-23(19)30-21/h9-10,14,16,18,22H,3-8,11-13,15,17H2,1-2H3,(H,27,30)(H,28,33)(H,31,36)(H,34,35)/t18?,22-/m0/s1. The molecule has 3 rings (SSSR count). The van der Waals surface area contributed by atoms with Gasteiger partial charge in [0.1, 0.15) is 11.9 Å². The van der Waals surface area contributed by atoms with Gasteiger partial charge in [0, 0.05) is 37.9 Å². The average Bonchev–Trinajstić information content (AvgIpc) is 3.38. The number of aryl methyl sites for hydroxylation is 3. The van der Waals surface area contributed by atoms with Crippen LogP contribution in [0, 0.1) is 5.92 Å². The molecule has 2 atom stereocenters. The van der Waals surface area contributed by atoms with Crippen LogP contribution in [0.25, 0.3) is 0 Å².